The molecule has 2 aromatic rings. The van der Waals surface area contributed by atoms with Crippen molar-refractivity contribution in [3.8, 4) is 11.8 Å². The highest BCUT2D eigenvalue weighted by Gasteiger charge is 2.11. The molecule has 0 N–H and O–H groups in total. The van der Waals surface area contributed by atoms with Gasteiger partial charge in [-0.1, -0.05) is 59.9 Å². The minimum atomic E-state index is -3.35. The average Bonchev–Trinajstić information content (AvgIpc) is 2.54. The van der Waals surface area contributed by atoms with Gasteiger partial charge in [0, 0.05) is 5.56 Å². The van der Waals surface area contributed by atoms with Gasteiger partial charge in [0.1, 0.15) is 5.75 Å². The lowest BCUT2D eigenvalue weighted by Crippen LogP contribution is -2.04. The maximum Gasteiger partial charge on any atom is 0.189 e. The molecule has 2 aromatic carbocycles. The summed E-state index contributed by atoms with van der Waals surface area (Å²) in [6.45, 7) is 4.11. The van der Waals surface area contributed by atoms with Crippen molar-refractivity contribution >= 4 is 9.84 Å². The fraction of sp³-hybridized carbons (Fsp3) is 0.200. The van der Waals surface area contributed by atoms with E-state index < -0.39 is 9.84 Å². The Bertz CT molecular complexity index is 847. The summed E-state index contributed by atoms with van der Waals surface area (Å²) >= 11 is 0. The van der Waals surface area contributed by atoms with Gasteiger partial charge in [0.2, 0.25) is 0 Å². The molecule has 23 heavy (non-hydrogen) atoms. The predicted octanol–water partition coefficient (Wildman–Crippen LogP) is 4.02. The second-order valence-corrected chi connectivity index (χ2v) is 7.51. The SMILES string of the molecule is CC(C)=CCc1ccccc1C#CCS(=O)(=O)c1ccccc1. The number of hydrogen-bond donors (Lipinski definition) is 0. The lowest BCUT2D eigenvalue weighted by atomic mass is 10.0. The fourth-order valence-electron chi connectivity index (χ4n) is 2.07. The summed E-state index contributed by atoms with van der Waals surface area (Å²) in [6, 6.07) is 16.3. The molecule has 0 unspecified atom stereocenters. The van der Waals surface area contributed by atoms with Crippen LogP contribution in [0.3, 0.4) is 0 Å². The summed E-state index contributed by atoms with van der Waals surface area (Å²) in [5.74, 6) is 5.64. The monoisotopic (exact) mass is 324 g/mol. The van der Waals surface area contributed by atoms with E-state index in [1.54, 1.807) is 30.3 Å². The van der Waals surface area contributed by atoms with E-state index in [1.165, 1.54) is 5.57 Å². The Kier molecular flexibility index (Phi) is 5.78. The Labute approximate surface area is 138 Å². The van der Waals surface area contributed by atoms with E-state index in [9.17, 15) is 8.42 Å². The van der Waals surface area contributed by atoms with Crippen molar-refractivity contribution in [3.63, 3.8) is 0 Å². The highest BCUT2D eigenvalue weighted by molar-refractivity contribution is 7.91. The molecular weight excluding hydrogens is 304 g/mol. The second kappa shape index (κ2) is 7.80. The molecule has 3 heteroatoms. The maximum absolute atomic E-state index is 12.2. The molecule has 118 valence electrons. The predicted molar refractivity (Wildman–Crippen MR) is 94.9 cm³/mol. The Morgan fingerprint density at radius 3 is 2.35 bits per heavy atom. The molecular formula is C20H20O2S. The fourth-order valence-corrected chi connectivity index (χ4v) is 3.07. The quantitative estimate of drug-likeness (QED) is 0.629. The number of sulfone groups is 1. The highest BCUT2D eigenvalue weighted by atomic mass is 32.2. The molecule has 0 saturated carbocycles. The lowest BCUT2D eigenvalue weighted by molar-refractivity contribution is 0.599. The average molecular weight is 324 g/mol. The van der Waals surface area contributed by atoms with Crippen LogP contribution in [0.1, 0.15) is 25.0 Å². The van der Waals surface area contributed by atoms with Crippen molar-refractivity contribution in [3.05, 3.63) is 77.4 Å². The Morgan fingerprint density at radius 2 is 1.65 bits per heavy atom. The molecule has 0 aromatic heterocycles. The first kappa shape index (κ1) is 17.1. The van der Waals surface area contributed by atoms with Crippen molar-refractivity contribution in [2.24, 2.45) is 0 Å². The summed E-state index contributed by atoms with van der Waals surface area (Å²) < 4.78 is 24.4. The van der Waals surface area contributed by atoms with Gasteiger partial charge in [-0.3, -0.25) is 0 Å². The third-order valence-electron chi connectivity index (χ3n) is 3.34. The molecule has 0 fully saturated rings. The zero-order valence-corrected chi connectivity index (χ0v) is 14.2. The second-order valence-electron chi connectivity index (χ2n) is 5.52. The summed E-state index contributed by atoms with van der Waals surface area (Å²) in [7, 11) is -3.35. The van der Waals surface area contributed by atoms with Crippen LogP contribution in [-0.2, 0) is 16.3 Å². The van der Waals surface area contributed by atoms with E-state index >= 15 is 0 Å². The highest BCUT2D eigenvalue weighted by Crippen LogP contribution is 2.11. The molecule has 0 bridgehead atoms. The largest absolute Gasteiger partial charge is 0.223 e. The summed E-state index contributed by atoms with van der Waals surface area (Å²) in [4.78, 5) is 0.312. The van der Waals surface area contributed by atoms with Crippen molar-refractivity contribution in [1.82, 2.24) is 0 Å². The van der Waals surface area contributed by atoms with E-state index in [4.69, 9.17) is 0 Å². The summed E-state index contributed by atoms with van der Waals surface area (Å²) in [5, 5.41) is 0. The van der Waals surface area contributed by atoms with Gasteiger partial charge in [-0.15, -0.1) is 0 Å². The minimum absolute atomic E-state index is 0.173. The van der Waals surface area contributed by atoms with Gasteiger partial charge in [0.05, 0.1) is 4.90 Å². The normalized spacial score (nSPS) is 10.5. The first-order chi connectivity index (χ1) is 11.0. The number of rotatable bonds is 4. The van der Waals surface area contributed by atoms with Crippen molar-refractivity contribution in [1.29, 1.82) is 0 Å². The van der Waals surface area contributed by atoms with Crippen LogP contribution in [0.15, 0.2) is 71.1 Å². The molecule has 2 rings (SSSR count). The maximum atomic E-state index is 12.2. The van der Waals surface area contributed by atoms with Gasteiger partial charge in [-0.05, 0) is 44.0 Å². The third kappa shape index (κ3) is 5.12. The van der Waals surface area contributed by atoms with Gasteiger partial charge < -0.3 is 0 Å². The van der Waals surface area contributed by atoms with Crippen LogP contribution in [-0.4, -0.2) is 14.2 Å². The number of hydrogen-bond acceptors (Lipinski definition) is 2. The molecule has 0 spiro atoms. The van der Waals surface area contributed by atoms with Gasteiger partial charge in [0.15, 0.2) is 9.84 Å². The minimum Gasteiger partial charge on any atom is -0.223 e. The first-order valence-corrected chi connectivity index (χ1v) is 9.12. The molecule has 0 amide bonds. The zero-order valence-electron chi connectivity index (χ0n) is 13.4. The third-order valence-corrected chi connectivity index (χ3v) is 4.85. The Morgan fingerprint density at radius 1 is 1.00 bits per heavy atom. The van der Waals surface area contributed by atoms with Crippen LogP contribution in [0.25, 0.3) is 0 Å². The van der Waals surface area contributed by atoms with E-state index in [2.05, 4.69) is 31.8 Å². The lowest BCUT2D eigenvalue weighted by Gasteiger charge is -2.02. The summed E-state index contributed by atoms with van der Waals surface area (Å²) in [6.07, 6.45) is 2.94. The first-order valence-electron chi connectivity index (χ1n) is 7.47. The van der Waals surface area contributed by atoms with Crippen LogP contribution >= 0.6 is 0 Å². The molecule has 0 saturated heterocycles. The molecule has 0 atom stereocenters. The molecule has 0 radical (unpaired) electrons. The molecule has 0 aliphatic heterocycles. The summed E-state index contributed by atoms with van der Waals surface area (Å²) in [5.41, 5.74) is 3.24. The van der Waals surface area contributed by atoms with Crippen molar-refractivity contribution in [2.75, 3.05) is 5.75 Å². The molecule has 2 nitrogen and oxygen atoms in total. The zero-order chi connectivity index (χ0) is 16.7. The number of allylic oxidation sites excluding steroid dienone is 2. The van der Waals surface area contributed by atoms with E-state index in [1.807, 2.05) is 24.3 Å². The van der Waals surface area contributed by atoms with Gasteiger partial charge in [-0.2, -0.15) is 0 Å². The standard InChI is InChI=1S/C20H20O2S/c1-17(2)14-15-19-10-7-6-9-18(19)11-8-16-23(21,22)20-12-4-3-5-13-20/h3-7,9-10,12-14H,15-16H2,1-2H3. The topological polar surface area (TPSA) is 34.1 Å². The van der Waals surface area contributed by atoms with E-state index in [0.29, 0.717) is 4.90 Å². The van der Waals surface area contributed by atoms with Crippen molar-refractivity contribution < 1.29 is 8.42 Å². The Hall–Kier alpha value is -2.31. The van der Waals surface area contributed by atoms with E-state index in [0.717, 1.165) is 17.5 Å². The van der Waals surface area contributed by atoms with Crippen LogP contribution in [0.2, 0.25) is 0 Å². The molecule has 0 heterocycles. The van der Waals surface area contributed by atoms with Crippen molar-refractivity contribution in [2.45, 2.75) is 25.2 Å². The smallest absolute Gasteiger partial charge is 0.189 e. The van der Waals surface area contributed by atoms with Gasteiger partial charge in [0.25, 0.3) is 0 Å². The van der Waals surface area contributed by atoms with Crippen LogP contribution in [0.4, 0.5) is 0 Å². The van der Waals surface area contributed by atoms with Crippen LogP contribution in [0, 0.1) is 11.8 Å². The van der Waals surface area contributed by atoms with Gasteiger partial charge in [-0.25, -0.2) is 8.42 Å². The molecule has 0 aliphatic rings. The van der Waals surface area contributed by atoms with Crippen LogP contribution < -0.4 is 0 Å². The van der Waals surface area contributed by atoms with E-state index in [-0.39, 0.29) is 5.75 Å². The Balaban J connectivity index is 2.18. The van der Waals surface area contributed by atoms with Gasteiger partial charge >= 0.3 is 0 Å². The molecule has 0 aliphatic carbocycles. The van der Waals surface area contributed by atoms with Crippen LogP contribution in [0.5, 0.6) is 0 Å². The number of benzene rings is 2.